The summed E-state index contributed by atoms with van der Waals surface area (Å²) in [6, 6.07) is 2.57. The maximum absolute atomic E-state index is 11.9. The van der Waals surface area contributed by atoms with Crippen LogP contribution in [0.2, 0.25) is 0 Å². The Morgan fingerprint density at radius 2 is 2.00 bits per heavy atom. The average Bonchev–Trinajstić information content (AvgIpc) is 2.84. The Labute approximate surface area is 153 Å². The van der Waals surface area contributed by atoms with Crippen molar-refractivity contribution in [3.63, 3.8) is 0 Å². The highest BCUT2D eigenvalue weighted by Gasteiger charge is 2.27. The molecule has 0 saturated carbocycles. The van der Waals surface area contributed by atoms with Crippen LogP contribution in [0.5, 0.6) is 0 Å². The van der Waals surface area contributed by atoms with E-state index < -0.39 is 33.7 Å². The van der Waals surface area contributed by atoms with Crippen LogP contribution >= 0.6 is 0 Å². The summed E-state index contributed by atoms with van der Waals surface area (Å²) >= 11 is 0. The molecule has 1 aromatic carbocycles. The van der Waals surface area contributed by atoms with Gasteiger partial charge in [-0.25, -0.2) is 22.7 Å². The highest BCUT2D eigenvalue weighted by Crippen LogP contribution is 2.29. The van der Waals surface area contributed by atoms with E-state index in [1.165, 1.54) is 0 Å². The van der Waals surface area contributed by atoms with Gasteiger partial charge in [-0.05, 0) is 44.9 Å². The van der Waals surface area contributed by atoms with Crippen LogP contribution in [0.25, 0.3) is 0 Å². The number of hydrogen-bond donors (Lipinski definition) is 2. The first-order valence-electron chi connectivity index (χ1n) is 8.11. The first-order valence-corrected chi connectivity index (χ1v) is 10.00. The Kier molecular flexibility index (Phi) is 5.62. The number of ether oxygens (including phenoxy) is 2. The largest absolute Gasteiger partial charge is 0.457 e. The molecule has 1 aliphatic heterocycles. The van der Waals surface area contributed by atoms with Crippen molar-refractivity contribution in [3.05, 3.63) is 34.4 Å². The molecule has 1 amide bonds. The van der Waals surface area contributed by atoms with Crippen LogP contribution in [-0.2, 0) is 26.1 Å². The molecule has 0 radical (unpaired) electrons. The second-order valence-corrected chi connectivity index (χ2v) is 8.99. The van der Waals surface area contributed by atoms with Crippen molar-refractivity contribution in [1.82, 2.24) is 10.0 Å². The van der Waals surface area contributed by atoms with Gasteiger partial charge in [0.2, 0.25) is 10.0 Å². The van der Waals surface area contributed by atoms with E-state index in [-0.39, 0.29) is 13.2 Å². The van der Waals surface area contributed by atoms with Crippen LogP contribution in [0, 0.1) is 6.92 Å². The highest BCUT2D eigenvalue weighted by atomic mass is 32.2. The second kappa shape index (κ2) is 7.24. The van der Waals surface area contributed by atoms with E-state index in [1.54, 1.807) is 39.8 Å². The minimum absolute atomic E-state index is 0.00356. The van der Waals surface area contributed by atoms with Crippen molar-refractivity contribution in [3.8, 4) is 0 Å². The lowest BCUT2D eigenvalue weighted by Crippen LogP contribution is -2.40. The fourth-order valence-corrected chi connectivity index (χ4v) is 3.45. The number of amides is 1. The van der Waals surface area contributed by atoms with E-state index in [0.29, 0.717) is 11.1 Å². The third-order valence-corrected chi connectivity index (χ3v) is 4.50. The molecule has 2 N–H and O–H groups in total. The first kappa shape index (κ1) is 20.2. The number of hydrogen-bond acceptors (Lipinski definition) is 6. The van der Waals surface area contributed by atoms with Gasteiger partial charge in [0.15, 0.2) is 0 Å². The predicted molar refractivity (Wildman–Crippen MR) is 95.3 cm³/mol. The summed E-state index contributed by atoms with van der Waals surface area (Å²) in [6.07, 6.45) is 0.401. The lowest BCUT2D eigenvalue weighted by Gasteiger charge is -2.24. The molecule has 0 fully saturated rings. The van der Waals surface area contributed by atoms with Gasteiger partial charge < -0.3 is 14.8 Å². The molecule has 0 saturated heterocycles. The number of sulfonamides is 1. The summed E-state index contributed by atoms with van der Waals surface area (Å²) in [5, 5.41) is 2.58. The smallest absolute Gasteiger partial charge is 0.407 e. The van der Waals surface area contributed by atoms with E-state index in [9.17, 15) is 18.0 Å². The van der Waals surface area contributed by atoms with Crippen molar-refractivity contribution in [2.24, 2.45) is 0 Å². The summed E-state index contributed by atoms with van der Waals surface area (Å²) in [5.41, 5.74) is 1.95. The zero-order valence-electron chi connectivity index (χ0n) is 15.5. The van der Waals surface area contributed by atoms with Gasteiger partial charge in [0.05, 0.1) is 17.9 Å². The third kappa shape index (κ3) is 5.18. The molecular formula is C17H24N2O6S. The lowest BCUT2D eigenvalue weighted by molar-refractivity contribution is 0.0517. The normalized spacial score (nSPS) is 15.2. The number of cyclic esters (lactones) is 1. The first-order chi connectivity index (χ1) is 11.9. The van der Waals surface area contributed by atoms with Gasteiger partial charge in [0.25, 0.3) is 0 Å². The number of nitrogens with one attached hydrogen (secondary N) is 2. The molecule has 0 aromatic heterocycles. The average molecular weight is 384 g/mol. The number of fused-ring (bicyclic) bond motifs is 1. The van der Waals surface area contributed by atoms with E-state index in [2.05, 4.69) is 10.0 Å². The molecule has 1 aliphatic rings. The summed E-state index contributed by atoms with van der Waals surface area (Å²) in [7, 11) is -3.54. The number of rotatable bonds is 5. The Hall–Kier alpha value is -2.13. The Morgan fingerprint density at radius 3 is 2.58 bits per heavy atom. The fourth-order valence-electron chi connectivity index (χ4n) is 2.72. The Morgan fingerprint density at radius 1 is 1.35 bits per heavy atom. The van der Waals surface area contributed by atoms with Crippen molar-refractivity contribution < 1.29 is 27.5 Å². The molecule has 26 heavy (non-hydrogen) atoms. The van der Waals surface area contributed by atoms with Gasteiger partial charge in [0, 0.05) is 12.1 Å². The van der Waals surface area contributed by atoms with E-state index in [0.717, 1.165) is 17.4 Å². The van der Waals surface area contributed by atoms with Gasteiger partial charge in [-0.2, -0.15) is 0 Å². The quantitative estimate of drug-likeness (QED) is 0.749. The standard InChI is InChI=1S/C17H24N2O6S/c1-10-11(6-7-12-13(10)9-24-15(12)20)14(19-26(5,22)23)8-18-16(21)25-17(2,3)4/h6-7,14,19H,8-9H2,1-5H3,(H,18,21). The van der Waals surface area contributed by atoms with Crippen molar-refractivity contribution in [2.45, 2.75) is 45.9 Å². The third-order valence-electron chi connectivity index (χ3n) is 3.79. The van der Waals surface area contributed by atoms with Crippen LogP contribution < -0.4 is 10.0 Å². The summed E-state index contributed by atoms with van der Waals surface area (Å²) in [6.45, 7) is 7.15. The number of carbonyl (C=O) groups is 2. The van der Waals surface area contributed by atoms with Crippen LogP contribution in [0.4, 0.5) is 4.79 Å². The molecule has 8 nitrogen and oxygen atoms in total. The molecule has 0 aliphatic carbocycles. The molecule has 1 atom stereocenters. The van der Waals surface area contributed by atoms with Crippen molar-refractivity contribution >= 4 is 22.1 Å². The highest BCUT2D eigenvalue weighted by molar-refractivity contribution is 7.88. The van der Waals surface area contributed by atoms with Gasteiger partial charge >= 0.3 is 12.1 Å². The zero-order valence-corrected chi connectivity index (χ0v) is 16.3. The molecule has 9 heteroatoms. The van der Waals surface area contributed by atoms with Gasteiger partial charge in [0.1, 0.15) is 12.2 Å². The van der Waals surface area contributed by atoms with E-state index in [4.69, 9.17) is 9.47 Å². The minimum Gasteiger partial charge on any atom is -0.457 e. The van der Waals surface area contributed by atoms with Gasteiger partial charge in [-0.1, -0.05) is 6.07 Å². The fraction of sp³-hybridized carbons (Fsp3) is 0.529. The van der Waals surface area contributed by atoms with Crippen LogP contribution in [0.1, 0.15) is 53.9 Å². The summed E-state index contributed by atoms with van der Waals surface area (Å²) in [4.78, 5) is 23.6. The van der Waals surface area contributed by atoms with Crippen molar-refractivity contribution in [1.29, 1.82) is 0 Å². The summed E-state index contributed by atoms with van der Waals surface area (Å²) < 4.78 is 36.2. The predicted octanol–water partition coefficient (Wildman–Crippen LogP) is 1.78. The molecule has 1 aromatic rings. The summed E-state index contributed by atoms with van der Waals surface area (Å²) in [5.74, 6) is -0.394. The topological polar surface area (TPSA) is 111 Å². The molecule has 2 rings (SSSR count). The van der Waals surface area contributed by atoms with Crippen molar-refractivity contribution in [2.75, 3.05) is 12.8 Å². The monoisotopic (exact) mass is 384 g/mol. The maximum Gasteiger partial charge on any atom is 0.407 e. The molecular weight excluding hydrogens is 360 g/mol. The lowest BCUT2D eigenvalue weighted by atomic mass is 9.94. The Balaban J connectivity index is 2.26. The van der Waals surface area contributed by atoms with Crippen LogP contribution in [0.15, 0.2) is 12.1 Å². The molecule has 144 valence electrons. The number of carbonyl (C=O) groups excluding carboxylic acids is 2. The molecule has 0 bridgehead atoms. The molecule has 0 spiro atoms. The Bertz CT molecular complexity index is 826. The zero-order chi connectivity index (χ0) is 19.7. The molecule has 1 unspecified atom stereocenters. The van der Waals surface area contributed by atoms with Gasteiger partial charge in [-0.15, -0.1) is 0 Å². The van der Waals surface area contributed by atoms with Gasteiger partial charge in [-0.3, -0.25) is 0 Å². The second-order valence-electron chi connectivity index (χ2n) is 7.21. The van der Waals surface area contributed by atoms with E-state index in [1.807, 2.05) is 0 Å². The number of esters is 1. The number of benzene rings is 1. The van der Waals surface area contributed by atoms with Crippen LogP contribution in [-0.4, -0.2) is 38.9 Å². The minimum atomic E-state index is -3.54. The van der Waals surface area contributed by atoms with E-state index >= 15 is 0 Å². The molecule has 1 heterocycles. The maximum atomic E-state index is 11.9. The SMILES string of the molecule is Cc1c(C(CNC(=O)OC(C)(C)C)NS(C)(=O)=O)ccc2c1COC2=O. The van der Waals surface area contributed by atoms with Crippen LogP contribution in [0.3, 0.4) is 0 Å². The number of alkyl carbamates (subject to hydrolysis) is 1.